The van der Waals surface area contributed by atoms with Crippen LogP contribution in [0.5, 0.6) is 0 Å². The minimum Gasteiger partial charge on any atom is -0.332 e. The Labute approximate surface area is 90.9 Å². The summed E-state index contributed by atoms with van der Waals surface area (Å²) in [4.78, 5) is 13.9. The lowest BCUT2D eigenvalue weighted by molar-refractivity contribution is 0.0656. The Hall–Kier alpha value is -1.31. The van der Waals surface area contributed by atoms with E-state index in [2.05, 4.69) is 26.8 Å². The van der Waals surface area contributed by atoms with Crippen molar-refractivity contribution in [1.29, 1.82) is 0 Å². The maximum absolute atomic E-state index is 12.0. The molecule has 0 aliphatic carbocycles. The first-order valence-corrected chi connectivity index (χ1v) is 5.40. The molecule has 1 aromatic rings. The van der Waals surface area contributed by atoms with Crippen molar-refractivity contribution in [2.45, 2.75) is 32.7 Å². The topological polar surface area (TPSA) is 20.3 Å². The molecule has 1 aromatic carbocycles. The van der Waals surface area contributed by atoms with Gasteiger partial charge in [0.15, 0.2) is 0 Å². The van der Waals surface area contributed by atoms with Crippen LogP contribution < -0.4 is 0 Å². The highest BCUT2D eigenvalue weighted by Gasteiger charge is 2.42. The van der Waals surface area contributed by atoms with Crippen molar-refractivity contribution in [1.82, 2.24) is 4.90 Å². The molecule has 0 saturated heterocycles. The fourth-order valence-electron chi connectivity index (χ4n) is 2.30. The van der Waals surface area contributed by atoms with Crippen molar-refractivity contribution >= 4 is 5.91 Å². The van der Waals surface area contributed by atoms with Crippen LogP contribution in [0.25, 0.3) is 0 Å². The van der Waals surface area contributed by atoms with E-state index in [1.807, 2.05) is 24.1 Å². The summed E-state index contributed by atoms with van der Waals surface area (Å²) < 4.78 is 0. The number of hydrogen-bond donors (Lipinski definition) is 0. The molecule has 1 atom stereocenters. The van der Waals surface area contributed by atoms with Gasteiger partial charge < -0.3 is 4.90 Å². The molecule has 1 amide bonds. The Kier molecular flexibility index (Phi) is 2.10. The third-order valence-electron chi connectivity index (χ3n) is 3.72. The summed E-state index contributed by atoms with van der Waals surface area (Å²) in [5, 5.41) is 0. The van der Waals surface area contributed by atoms with E-state index in [1.165, 1.54) is 11.1 Å². The van der Waals surface area contributed by atoms with E-state index < -0.39 is 0 Å². The molecule has 2 rings (SSSR count). The van der Waals surface area contributed by atoms with Gasteiger partial charge in [0.25, 0.3) is 5.91 Å². The SMILES string of the molecule is CCC1(C)c2cc(C)ccc2C(=O)N1C. The summed E-state index contributed by atoms with van der Waals surface area (Å²) in [6, 6.07) is 6.09. The van der Waals surface area contributed by atoms with Gasteiger partial charge in [-0.1, -0.05) is 24.6 Å². The Morgan fingerprint density at radius 3 is 2.67 bits per heavy atom. The Morgan fingerprint density at radius 1 is 1.40 bits per heavy atom. The molecule has 0 radical (unpaired) electrons. The fraction of sp³-hybridized carbons (Fsp3) is 0.462. The van der Waals surface area contributed by atoms with E-state index in [9.17, 15) is 4.79 Å². The van der Waals surface area contributed by atoms with Gasteiger partial charge in [-0.15, -0.1) is 0 Å². The zero-order valence-electron chi connectivity index (χ0n) is 9.79. The summed E-state index contributed by atoms with van der Waals surface area (Å²) >= 11 is 0. The van der Waals surface area contributed by atoms with Crippen LogP contribution in [-0.4, -0.2) is 17.9 Å². The van der Waals surface area contributed by atoms with Gasteiger partial charge in [0, 0.05) is 12.6 Å². The van der Waals surface area contributed by atoms with Gasteiger partial charge in [-0.3, -0.25) is 4.79 Å². The second-order valence-electron chi connectivity index (χ2n) is 4.54. The van der Waals surface area contributed by atoms with Crippen LogP contribution in [-0.2, 0) is 5.54 Å². The highest BCUT2D eigenvalue weighted by Crippen LogP contribution is 2.40. The average Bonchev–Trinajstić information content (AvgIpc) is 2.42. The first kappa shape index (κ1) is 10.2. The van der Waals surface area contributed by atoms with Gasteiger partial charge >= 0.3 is 0 Å². The predicted octanol–water partition coefficient (Wildman–Crippen LogP) is 2.71. The average molecular weight is 203 g/mol. The Morgan fingerprint density at radius 2 is 2.07 bits per heavy atom. The molecule has 1 aliphatic rings. The minimum atomic E-state index is -0.127. The number of carbonyl (C=O) groups excluding carboxylic acids is 1. The third kappa shape index (κ3) is 1.21. The summed E-state index contributed by atoms with van der Waals surface area (Å²) in [6.45, 7) is 6.33. The smallest absolute Gasteiger partial charge is 0.254 e. The Balaban J connectivity index is 2.67. The quantitative estimate of drug-likeness (QED) is 0.687. The number of aryl methyl sites for hydroxylation is 1. The molecular weight excluding hydrogens is 186 g/mol. The maximum atomic E-state index is 12.0. The van der Waals surface area contributed by atoms with Crippen LogP contribution in [0.3, 0.4) is 0 Å². The second kappa shape index (κ2) is 3.09. The molecule has 1 unspecified atom stereocenters. The molecule has 1 aliphatic heterocycles. The molecule has 1 heterocycles. The van der Waals surface area contributed by atoms with Crippen molar-refractivity contribution < 1.29 is 4.79 Å². The van der Waals surface area contributed by atoms with Crippen molar-refractivity contribution in [2.75, 3.05) is 7.05 Å². The van der Waals surface area contributed by atoms with Crippen LogP contribution >= 0.6 is 0 Å². The molecule has 0 saturated carbocycles. The predicted molar refractivity (Wildman–Crippen MR) is 60.9 cm³/mol. The molecular formula is C13H17NO. The molecule has 0 N–H and O–H groups in total. The summed E-state index contributed by atoms with van der Waals surface area (Å²) in [6.07, 6.45) is 0.950. The summed E-state index contributed by atoms with van der Waals surface area (Å²) in [5.41, 5.74) is 3.14. The summed E-state index contributed by atoms with van der Waals surface area (Å²) in [7, 11) is 1.89. The van der Waals surface area contributed by atoms with Crippen molar-refractivity contribution in [3.63, 3.8) is 0 Å². The highest BCUT2D eigenvalue weighted by molar-refractivity contribution is 5.99. The van der Waals surface area contributed by atoms with Crippen LogP contribution in [0.15, 0.2) is 18.2 Å². The number of hydrogen-bond acceptors (Lipinski definition) is 1. The molecule has 0 aromatic heterocycles. The van der Waals surface area contributed by atoms with Crippen LogP contribution in [0.1, 0.15) is 41.8 Å². The van der Waals surface area contributed by atoms with E-state index >= 15 is 0 Å². The van der Waals surface area contributed by atoms with Gasteiger partial charge in [-0.2, -0.15) is 0 Å². The minimum absolute atomic E-state index is 0.127. The standard InChI is InChI=1S/C13H17NO/c1-5-13(3)11-8-9(2)6-7-10(11)12(15)14(13)4/h6-8H,5H2,1-4H3. The Bertz CT molecular complexity index is 425. The molecule has 15 heavy (non-hydrogen) atoms. The fourth-order valence-corrected chi connectivity index (χ4v) is 2.30. The van der Waals surface area contributed by atoms with Gasteiger partial charge in [0.05, 0.1) is 5.54 Å². The van der Waals surface area contributed by atoms with Crippen LogP contribution in [0, 0.1) is 6.92 Å². The number of fused-ring (bicyclic) bond motifs is 1. The van der Waals surface area contributed by atoms with Crippen molar-refractivity contribution in [2.24, 2.45) is 0 Å². The van der Waals surface area contributed by atoms with Crippen molar-refractivity contribution in [3.8, 4) is 0 Å². The number of nitrogens with zero attached hydrogens (tertiary/aromatic N) is 1. The molecule has 80 valence electrons. The largest absolute Gasteiger partial charge is 0.332 e. The van der Waals surface area contributed by atoms with Gasteiger partial charge in [-0.25, -0.2) is 0 Å². The third-order valence-corrected chi connectivity index (χ3v) is 3.72. The lowest BCUT2D eigenvalue weighted by Gasteiger charge is -2.32. The first-order valence-electron chi connectivity index (χ1n) is 5.40. The zero-order chi connectivity index (χ0) is 11.2. The van der Waals surface area contributed by atoms with Gasteiger partial charge in [-0.05, 0) is 31.9 Å². The monoisotopic (exact) mass is 203 g/mol. The lowest BCUT2D eigenvalue weighted by atomic mass is 9.88. The van der Waals surface area contributed by atoms with Gasteiger partial charge in [0.1, 0.15) is 0 Å². The number of carbonyl (C=O) groups is 1. The van der Waals surface area contributed by atoms with E-state index in [-0.39, 0.29) is 11.4 Å². The molecule has 0 fully saturated rings. The second-order valence-corrected chi connectivity index (χ2v) is 4.54. The number of rotatable bonds is 1. The zero-order valence-corrected chi connectivity index (χ0v) is 9.79. The molecule has 2 nitrogen and oxygen atoms in total. The van der Waals surface area contributed by atoms with E-state index in [1.54, 1.807) is 0 Å². The molecule has 2 heteroatoms. The molecule has 0 spiro atoms. The molecule has 0 bridgehead atoms. The lowest BCUT2D eigenvalue weighted by Crippen LogP contribution is -2.37. The first-order chi connectivity index (χ1) is 7.00. The number of amides is 1. The maximum Gasteiger partial charge on any atom is 0.254 e. The van der Waals surface area contributed by atoms with Gasteiger partial charge in [0.2, 0.25) is 0 Å². The normalized spacial score (nSPS) is 24.5. The van der Waals surface area contributed by atoms with Crippen molar-refractivity contribution in [3.05, 3.63) is 34.9 Å². The highest BCUT2D eigenvalue weighted by atomic mass is 16.2. The van der Waals surface area contributed by atoms with E-state index in [4.69, 9.17) is 0 Å². The number of benzene rings is 1. The van der Waals surface area contributed by atoms with Crippen LogP contribution in [0.4, 0.5) is 0 Å². The summed E-state index contributed by atoms with van der Waals surface area (Å²) in [5.74, 6) is 0.148. The van der Waals surface area contributed by atoms with Crippen LogP contribution in [0.2, 0.25) is 0 Å². The van der Waals surface area contributed by atoms with E-state index in [0.717, 1.165) is 12.0 Å². The van der Waals surface area contributed by atoms with E-state index in [0.29, 0.717) is 0 Å².